The van der Waals surface area contributed by atoms with E-state index in [9.17, 15) is 4.79 Å². The molecule has 0 saturated carbocycles. The number of fused-ring (bicyclic) bond motifs is 1. The maximum absolute atomic E-state index is 11.6. The van der Waals surface area contributed by atoms with Crippen LogP contribution in [0.5, 0.6) is 0 Å². The molecule has 3 aromatic rings. The van der Waals surface area contributed by atoms with Crippen molar-refractivity contribution in [2.45, 2.75) is 6.92 Å². The highest BCUT2D eigenvalue weighted by Crippen LogP contribution is 2.24. The highest BCUT2D eigenvalue weighted by Gasteiger charge is 2.12. The summed E-state index contributed by atoms with van der Waals surface area (Å²) in [6, 6.07) is 7.86. The van der Waals surface area contributed by atoms with Gasteiger partial charge in [0.2, 0.25) is 0 Å². The predicted molar refractivity (Wildman–Crippen MR) is 65.4 cm³/mol. The summed E-state index contributed by atoms with van der Waals surface area (Å²) in [4.78, 5) is 11.6. The average molecular weight is 225 g/mol. The van der Waals surface area contributed by atoms with Crippen LogP contribution in [-0.4, -0.2) is 20.5 Å². The number of carbonyl (C=O) groups is 1. The Balaban J connectivity index is 2.37. The van der Waals surface area contributed by atoms with Crippen molar-refractivity contribution in [2.24, 2.45) is 0 Å². The summed E-state index contributed by atoms with van der Waals surface area (Å²) >= 11 is 0. The van der Waals surface area contributed by atoms with E-state index in [0.717, 1.165) is 22.2 Å². The number of nitrogens with zero attached hydrogens (tertiary/aromatic N) is 2. The van der Waals surface area contributed by atoms with E-state index >= 15 is 0 Å². The van der Waals surface area contributed by atoms with E-state index in [1.165, 1.54) is 0 Å². The molecular formula is C13H11N3O. The number of ketones is 1. The Morgan fingerprint density at radius 1 is 1.35 bits per heavy atom. The monoisotopic (exact) mass is 225 g/mol. The molecule has 0 aliphatic rings. The Bertz CT molecular complexity index is 680. The molecule has 4 nitrogen and oxygen atoms in total. The van der Waals surface area contributed by atoms with Crippen molar-refractivity contribution in [3.05, 3.63) is 48.4 Å². The molecule has 0 aliphatic heterocycles. The van der Waals surface area contributed by atoms with Gasteiger partial charge >= 0.3 is 0 Å². The topological polar surface area (TPSA) is 50.7 Å². The second-order valence-electron chi connectivity index (χ2n) is 3.94. The molecule has 0 bridgehead atoms. The summed E-state index contributed by atoms with van der Waals surface area (Å²) in [5, 5.41) is 7.68. The molecule has 1 aromatic carbocycles. The zero-order valence-corrected chi connectivity index (χ0v) is 9.34. The fourth-order valence-electron chi connectivity index (χ4n) is 2.05. The number of carbonyl (C=O) groups excluding carboxylic acids is 1. The van der Waals surface area contributed by atoms with Crippen molar-refractivity contribution >= 4 is 16.7 Å². The predicted octanol–water partition coefficient (Wildman–Crippen LogP) is 2.56. The van der Waals surface area contributed by atoms with Gasteiger partial charge in [0, 0.05) is 23.3 Å². The molecule has 2 aromatic heterocycles. The number of Topliss-reactive ketones (excluding diaryl/α,β-unsaturated/α-hetero) is 1. The lowest BCUT2D eigenvalue weighted by Crippen LogP contribution is -1.90. The van der Waals surface area contributed by atoms with Gasteiger partial charge in [0.1, 0.15) is 0 Å². The van der Waals surface area contributed by atoms with Gasteiger partial charge in [0.15, 0.2) is 5.78 Å². The van der Waals surface area contributed by atoms with Gasteiger partial charge in [-0.15, -0.1) is 0 Å². The minimum absolute atomic E-state index is 0.0726. The summed E-state index contributed by atoms with van der Waals surface area (Å²) in [6.45, 7) is 1.58. The first-order valence-corrected chi connectivity index (χ1v) is 5.37. The second-order valence-corrected chi connectivity index (χ2v) is 3.94. The molecule has 0 spiro atoms. The van der Waals surface area contributed by atoms with Gasteiger partial charge in [0.05, 0.1) is 17.4 Å². The van der Waals surface area contributed by atoms with Crippen LogP contribution in [0.1, 0.15) is 17.3 Å². The maximum Gasteiger partial charge on any atom is 0.161 e. The van der Waals surface area contributed by atoms with E-state index in [4.69, 9.17) is 0 Å². The van der Waals surface area contributed by atoms with Crippen molar-refractivity contribution in [3.63, 3.8) is 0 Å². The van der Waals surface area contributed by atoms with E-state index in [2.05, 4.69) is 10.2 Å². The smallest absolute Gasteiger partial charge is 0.161 e. The van der Waals surface area contributed by atoms with Gasteiger partial charge in [-0.2, -0.15) is 5.10 Å². The minimum atomic E-state index is 0.0726. The van der Waals surface area contributed by atoms with Crippen LogP contribution in [0.3, 0.4) is 0 Å². The molecule has 0 unspecified atom stereocenters. The Morgan fingerprint density at radius 2 is 2.18 bits per heavy atom. The van der Waals surface area contributed by atoms with E-state index in [1.807, 2.05) is 35.0 Å². The van der Waals surface area contributed by atoms with Crippen molar-refractivity contribution < 1.29 is 4.79 Å². The lowest BCUT2D eigenvalue weighted by molar-refractivity contribution is 0.101. The van der Waals surface area contributed by atoms with Crippen molar-refractivity contribution in [1.29, 1.82) is 0 Å². The lowest BCUT2D eigenvalue weighted by Gasteiger charge is -1.99. The first kappa shape index (κ1) is 9.84. The molecule has 0 fully saturated rings. The van der Waals surface area contributed by atoms with Crippen LogP contribution in [0.15, 0.2) is 42.9 Å². The van der Waals surface area contributed by atoms with Crippen LogP contribution >= 0.6 is 0 Å². The number of hydrogen-bond donors (Lipinski definition) is 1. The summed E-state index contributed by atoms with van der Waals surface area (Å²) < 4.78 is 1.97. The van der Waals surface area contributed by atoms with Gasteiger partial charge < -0.3 is 4.57 Å². The summed E-state index contributed by atoms with van der Waals surface area (Å²) in [5.74, 6) is 0.0726. The Labute approximate surface area is 97.9 Å². The van der Waals surface area contributed by atoms with Crippen LogP contribution in [0.25, 0.3) is 16.6 Å². The molecule has 3 rings (SSSR count). The van der Waals surface area contributed by atoms with Crippen LogP contribution in [0.4, 0.5) is 0 Å². The second kappa shape index (κ2) is 3.59. The number of nitrogens with one attached hydrogen (secondary N) is 1. The highest BCUT2D eigenvalue weighted by atomic mass is 16.1. The molecule has 0 saturated heterocycles. The van der Waals surface area contributed by atoms with Gasteiger partial charge in [-0.25, -0.2) is 0 Å². The summed E-state index contributed by atoms with van der Waals surface area (Å²) in [5.41, 5.74) is 2.68. The van der Waals surface area contributed by atoms with Gasteiger partial charge in [-0.05, 0) is 13.0 Å². The standard InChI is InChI=1S/C13H11N3O/c1-9(17)12-8-16(10-6-14-15-7-10)13-5-3-2-4-11(12)13/h2-8H,1H3,(H,14,15). The maximum atomic E-state index is 11.6. The molecule has 0 radical (unpaired) electrons. The van der Waals surface area contributed by atoms with Crippen molar-refractivity contribution in [3.8, 4) is 5.69 Å². The van der Waals surface area contributed by atoms with Crippen molar-refractivity contribution in [1.82, 2.24) is 14.8 Å². The highest BCUT2D eigenvalue weighted by molar-refractivity contribution is 6.07. The minimum Gasteiger partial charge on any atom is -0.313 e. The third kappa shape index (κ3) is 1.45. The normalized spacial score (nSPS) is 10.9. The van der Waals surface area contributed by atoms with Crippen LogP contribution in [0.2, 0.25) is 0 Å². The quantitative estimate of drug-likeness (QED) is 0.681. The number of H-pyrrole nitrogens is 1. The third-order valence-corrected chi connectivity index (χ3v) is 2.85. The first-order valence-electron chi connectivity index (χ1n) is 5.37. The number of aromatic nitrogens is 3. The zero-order chi connectivity index (χ0) is 11.8. The summed E-state index contributed by atoms with van der Waals surface area (Å²) in [6.07, 6.45) is 5.39. The molecule has 2 heterocycles. The Hall–Kier alpha value is -2.36. The third-order valence-electron chi connectivity index (χ3n) is 2.85. The molecule has 0 atom stereocenters. The number of para-hydroxylation sites is 1. The van der Waals surface area contributed by atoms with Gasteiger partial charge in [-0.3, -0.25) is 9.89 Å². The Kier molecular flexibility index (Phi) is 2.08. The van der Waals surface area contributed by atoms with E-state index < -0.39 is 0 Å². The number of hydrogen-bond acceptors (Lipinski definition) is 2. The zero-order valence-electron chi connectivity index (χ0n) is 9.34. The van der Waals surface area contributed by atoms with Crippen LogP contribution in [0, 0.1) is 0 Å². The van der Waals surface area contributed by atoms with E-state index in [1.54, 1.807) is 19.3 Å². The fraction of sp³-hybridized carbons (Fsp3) is 0.0769. The number of aromatic amines is 1. The van der Waals surface area contributed by atoms with E-state index in [0.29, 0.717) is 0 Å². The number of rotatable bonds is 2. The molecule has 84 valence electrons. The molecule has 0 aliphatic carbocycles. The molecule has 4 heteroatoms. The lowest BCUT2D eigenvalue weighted by atomic mass is 10.1. The van der Waals surface area contributed by atoms with Gasteiger partial charge in [0.25, 0.3) is 0 Å². The average Bonchev–Trinajstić information content (AvgIpc) is 2.95. The van der Waals surface area contributed by atoms with Crippen molar-refractivity contribution in [2.75, 3.05) is 0 Å². The van der Waals surface area contributed by atoms with Crippen LogP contribution < -0.4 is 0 Å². The van der Waals surface area contributed by atoms with Gasteiger partial charge in [-0.1, -0.05) is 18.2 Å². The molecule has 1 N–H and O–H groups in total. The first-order chi connectivity index (χ1) is 8.27. The van der Waals surface area contributed by atoms with Crippen LogP contribution in [-0.2, 0) is 0 Å². The molecule has 0 amide bonds. The SMILES string of the molecule is CC(=O)c1cn(-c2cn[nH]c2)c2ccccc12. The molecular weight excluding hydrogens is 214 g/mol. The number of benzene rings is 1. The largest absolute Gasteiger partial charge is 0.313 e. The van der Waals surface area contributed by atoms with E-state index in [-0.39, 0.29) is 5.78 Å². The fourth-order valence-corrected chi connectivity index (χ4v) is 2.05. The summed E-state index contributed by atoms with van der Waals surface area (Å²) in [7, 11) is 0. The Morgan fingerprint density at radius 3 is 2.88 bits per heavy atom. The molecule has 17 heavy (non-hydrogen) atoms.